The summed E-state index contributed by atoms with van der Waals surface area (Å²) in [7, 11) is 0. The lowest BCUT2D eigenvalue weighted by molar-refractivity contribution is -0.137. The molecule has 6 aromatic rings. The minimum absolute atomic E-state index is 0.0163. The van der Waals surface area contributed by atoms with Gasteiger partial charge >= 0.3 is 12.1 Å². The minimum Gasteiger partial charge on any atom is -0.478 e. The van der Waals surface area contributed by atoms with Gasteiger partial charge in [-0.05, 0) is 58.7 Å². The van der Waals surface area contributed by atoms with E-state index in [0.29, 0.717) is 33.3 Å². The van der Waals surface area contributed by atoms with Crippen LogP contribution in [-0.2, 0) is 6.18 Å². The highest BCUT2D eigenvalue weighted by atomic mass is 19.4. The van der Waals surface area contributed by atoms with Crippen LogP contribution in [-0.4, -0.2) is 22.0 Å². The predicted octanol–water partition coefficient (Wildman–Crippen LogP) is 8.61. The second kappa shape index (κ2) is 13.9. The van der Waals surface area contributed by atoms with Gasteiger partial charge in [-0.15, -0.1) is 0 Å². The van der Waals surface area contributed by atoms with Gasteiger partial charge in [0.15, 0.2) is 0 Å². The number of carbonyl (C=O) groups excluding carboxylic acids is 1. The molecule has 0 spiro atoms. The lowest BCUT2D eigenvalue weighted by Crippen LogP contribution is -2.13. The number of halogens is 3. The summed E-state index contributed by atoms with van der Waals surface area (Å²) in [5, 5.41) is 12.4. The zero-order valence-electron chi connectivity index (χ0n) is 24.3. The number of carboxylic acid groups (broad SMARTS) is 1. The average Bonchev–Trinajstić information content (AvgIpc) is 3.08. The Kier molecular flexibility index (Phi) is 9.54. The van der Waals surface area contributed by atoms with Gasteiger partial charge in [0.1, 0.15) is 0 Å². The lowest BCUT2D eigenvalue weighted by atomic mass is 9.98. The maximum atomic E-state index is 12.9. The Morgan fingerprint density at radius 3 is 1.91 bits per heavy atom. The van der Waals surface area contributed by atoms with E-state index in [-0.39, 0.29) is 11.6 Å². The topological polar surface area (TPSA) is 105 Å². The van der Waals surface area contributed by atoms with Gasteiger partial charge in [0.05, 0.1) is 22.7 Å². The zero-order chi connectivity index (χ0) is 32.7. The molecule has 0 fully saturated rings. The lowest BCUT2D eigenvalue weighted by Gasteiger charge is -2.12. The van der Waals surface area contributed by atoms with E-state index in [2.05, 4.69) is 34.6 Å². The van der Waals surface area contributed by atoms with Gasteiger partial charge < -0.3 is 16.2 Å². The molecule has 0 aliphatic carbocycles. The Balaban J connectivity index is 0.000000247. The molecule has 0 radical (unpaired) electrons. The van der Waals surface area contributed by atoms with E-state index in [1.54, 1.807) is 42.5 Å². The SMILES string of the molecule is NC(c1ccccc1)c1ccccc1.O=C(O)c1cnc2cc(NC(=O)c3ccccc3-c3ccc(C(F)(F)F)cc3)ccc2c1. The number of nitrogens with two attached hydrogens (primary N) is 1. The quantitative estimate of drug-likeness (QED) is 0.173. The summed E-state index contributed by atoms with van der Waals surface area (Å²) in [6, 6.07) is 37.8. The first-order valence-corrected chi connectivity index (χ1v) is 14.2. The summed E-state index contributed by atoms with van der Waals surface area (Å²) in [6.07, 6.45) is -3.21. The number of carboxylic acids is 1. The van der Waals surface area contributed by atoms with Gasteiger partial charge in [0.2, 0.25) is 0 Å². The third-order valence-electron chi connectivity index (χ3n) is 7.20. The Morgan fingerprint density at radius 2 is 1.33 bits per heavy atom. The molecule has 0 atom stereocenters. The number of alkyl halides is 3. The van der Waals surface area contributed by atoms with Crippen LogP contribution in [0, 0.1) is 0 Å². The van der Waals surface area contributed by atoms with Crippen molar-refractivity contribution in [3.63, 3.8) is 0 Å². The number of anilines is 1. The Hall–Kier alpha value is -5.80. The van der Waals surface area contributed by atoms with Crippen LogP contribution in [0.15, 0.2) is 140 Å². The molecule has 230 valence electrons. The Bertz CT molecular complexity index is 1920. The maximum absolute atomic E-state index is 12.9. The molecule has 0 aliphatic heterocycles. The van der Waals surface area contributed by atoms with E-state index in [1.165, 1.54) is 24.4 Å². The molecule has 0 aliphatic rings. The van der Waals surface area contributed by atoms with Gasteiger partial charge in [-0.2, -0.15) is 13.2 Å². The second-order valence-corrected chi connectivity index (χ2v) is 10.3. The predicted molar refractivity (Wildman–Crippen MR) is 172 cm³/mol. The molecule has 0 unspecified atom stereocenters. The van der Waals surface area contributed by atoms with E-state index in [4.69, 9.17) is 10.8 Å². The summed E-state index contributed by atoms with van der Waals surface area (Å²) in [6.45, 7) is 0. The van der Waals surface area contributed by atoms with Crippen LogP contribution in [0.4, 0.5) is 18.9 Å². The summed E-state index contributed by atoms with van der Waals surface area (Å²) in [5.41, 5.74) is 9.92. The first-order valence-electron chi connectivity index (χ1n) is 14.2. The third-order valence-corrected chi connectivity index (χ3v) is 7.20. The number of pyridine rings is 1. The zero-order valence-corrected chi connectivity index (χ0v) is 24.3. The molecule has 46 heavy (non-hydrogen) atoms. The van der Waals surface area contributed by atoms with Crippen molar-refractivity contribution in [2.24, 2.45) is 5.73 Å². The third kappa shape index (κ3) is 7.64. The molecule has 1 heterocycles. The number of carbonyl (C=O) groups is 2. The smallest absolute Gasteiger partial charge is 0.416 e. The number of hydrogen-bond donors (Lipinski definition) is 3. The van der Waals surface area contributed by atoms with Crippen molar-refractivity contribution in [2.75, 3.05) is 5.32 Å². The molecule has 6 rings (SSSR count). The normalized spacial score (nSPS) is 11.1. The highest BCUT2D eigenvalue weighted by Crippen LogP contribution is 2.32. The van der Waals surface area contributed by atoms with E-state index in [0.717, 1.165) is 23.3 Å². The molecule has 4 N–H and O–H groups in total. The average molecular weight is 620 g/mol. The van der Waals surface area contributed by atoms with E-state index in [1.807, 2.05) is 36.4 Å². The van der Waals surface area contributed by atoms with Gasteiger partial charge in [0.25, 0.3) is 5.91 Å². The fourth-order valence-corrected chi connectivity index (χ4v) is 4.80. The van der Waals surface area contributed by atoms with Crippen LogP contribution >= 0.6 is 0 Å². The summed E-state index contributed by atoms with van der Waals surface area (Å²) < 4.78 is 38.5. The highest BCUT2D eigenvalue weighted by Gasteiger charge is 2.30. The van der Waals surface area contributed by atoms with Crippen molar-refractivity contribution in [2.45, 2.75) is 12.2 Å². The Morgan fingerprint density at radius 1 is 0.739 bits per heavy atom. The van der Waals surface area contributed by atoms with Crippen molar-refractivity contribution in [3.05, 3.63) is 167 Å². The number of nitrogens with one attached hydrogen (secondary N) is 1. The molecular formula is C37H28F3N3O3. The molecule has 0 saturated carbocycles. The number of nitrogens with zero attached hydrogens (tertiary/aromatic N) is 1. The fourth-order valence-electron chi connectivity index (χ4n) is 4.80. The van der Waals surface area contributed by atoms with Gasteiger partial charge in [-0.1, -0.05) is 97.1 Å². The molecule has 1 amide bonds. The summed E-state index contributed by atoms with van der Waals surface area (Å²) in [5.74, 6) is -1.53. The van der Waals surface area contributed by atoms with Gasteiger partial charge in [-0.3, -0.25) is 9.78 Å². The van der Waals surface area contributed by atoms with E-state index < -0.39 is 23.6 Å². The second-order valence-electron chi connectivity index (χ2n) is 10.3. The van der Waals surface area contributed by atoms with E-state index in [9.17, 15) is 22.8 Å². The number of rotatable bonds is 6. The van der Waals surface area contributed by atoms with Crippen molar-refractivity contribution in [1.29, 1.82) is 0 Å². The van der Waals surface area contributed by atoms with Crippen molar-refractivity contribution < 1.29 is 27.9 Å². The molecule has 5 aromatic carbocycles. The van der Waals surface area contributed by atoms with Crippen molar-refractivity contribution in [3.8, 4) is 11.1 Å². The van der Waals surface area contributed by atoms with Crippen LogP contribution in [0.5, 0.6) is 0 Å². The molecule has 1 aromatic heterocycles. The minimum atomic E-state index is -4.44. The molecular weight excluding hydrogens is 591 g/mol. The van der Waals surface area contributed by atoms with Crippen molar-refractivity contribution >= 4 is 28.5 Å². The summed E-state index contributed by atoms with van der Waals surface area (Å²) >= 11 is 0. The fraction of sp³-hybridized carbons (Fsp3) is 0.0541. The van der Waals surface area contributed by atoms with E-state index >= 15 is 0 Å². The number of aromatic carboxylic acids is 1. The number of fused-ring (bicyclic) bond motifs is 1. The van der Waals surface area contributed by atoms with Crippen LogP contribution in [0.3, 0.4) is 0 Å². The monoisotopic (exact) mass is 619 g/mol. The maximum Gasteiger partial charge on any atom is 0.416 e. The van der Waals surface area contributed by atoms with Crippen LogP contribution < -0.4 is 11.1 Å². The summed E-state index contributed by atoms with van der Waals surface area (Å²) in [4.78, 5) is 28.1. The van der Waals surface area contributed by atoms with Crippen LogP contribution in [0.25, 0.3) is 22.0 Å². The molecule has 0 saturated heterocycles. The first-order chi connectivity index (χ1) is 22.1. The standard InChI is InChI=1S/C24H15F3N2O3.C13H13N/c25-24(26,27)17-8-5-14(6-9-17)19-3-1-2-4-20(19)22(30)29-18-10-7-15-11-16(23(31)32)13-28-21(15)12-18;14-13(11-7-3-1-4-8-11)12-9-5-2-6-10-12/h1-13H,(H,29,30)(H,31,32);1-10,13H,14H2. The molecule has 0 bridgehead atoms. The number of hydrogen-bond acceptors (Lipinski definition) is 4. The number of amides is 1. The van der Waals surface area contributed by atoms with Gasteiger partial charge in [-0.25, -0.2) is 4.79 Å². The largest absolute Gasteiger partial charge is 0.478 e. The number of aromatic nitrogens is 1. The van der Waals surface area contributed by atoms with Crippen LogP contribution in [0.2, 0.25) is 0 Å². The number of benzene rings is 5. The van der Waals surface area contributed by atoms with Crippen molar-refractivity contribution in [1.82, 2.24) is 4.98 Å². The van der Waals surface area contributed by atoms with Crippen LogP contribution in [0.1, 0.15) is 43.4 Å². The highest BCUT2D eigenvalue weighted by molar-refractivity contribution is 6.09. The molecule has 6 nitrogen and oxygen atoms in total. The Labute approximate surface area is 263 Å². The molecule has 9 heteroatoms. The van der Waals surface area contributed by atoms with Gasteiger partial charge in [0, 0.05) is 22.8 Å². The first kappa shape index (κ1) is 31.6.